The van der Waals surface area contributed by atoms with Gasteiger partial charge in [-0.1, -0.05) is 0 Å². The van der Waals surface area contributed by atoms with Crippen LogP contribution in [0.2, 0.25) is 0 Å². The predicted octanol–water partition coefficient (Wildman–Crippen LogP) is 1.43. The lowest BCUT2D eigenvalue weighted by Gasteiger charge is -2.26. The number of nitrogens with one attached hydrogen (secondary N) is 1. The number of hydrogen-bond acceptors (Lipinski definition) is 4. The first kappa shape index (κ1) is 8.73. The van der Waals surface area contributed by atoms with E-state index < -0.39 is 0 Å². The highest BCUT2D eigenvalue weighted by molar-refractivity contribution is 5.73. The van der Waals surface area contributed by atoms with Crippen LogP contribution >= 0.6 is 0 Å². The zero-order valence-corrected chi connectivity index (χ0v) is 8.27. The molecule has 2 aromatic rings. The summed E-state index contributed by atoms with van der Waals surface area (Å²) in [6, 6.07) is 5.72. The van der Waals surface area contributed by atoms with Gasteiger partial charge < -0.3 is 14.5 Å². The van der Waals surface area contributed by atoms with Crippen molar-refractivity contribution < 1.29 is 9.15 Å². The molecule has 4 heteroatoms. The highest BCUT2D eigenvalue weighted by Gasteiger charge is 2.17. The Hall–Kier alpha value is -1.55. The fourth-order valence-electron chi connectivity index (χ4n) is 1.61. The first-order valence-corrected chi connectivity index (χ1v) is 5.08. The van der Waals surface area contributed by atoms with Crippen molar-refractivity contribution in [3.8, 4) is 5.75 Å². The molecular weight excluding hydrogens is 192 g/mol. The molecule has 1 aromatic carbocycles. The third-order valence-electron chi connectivity index (χ3n) is 2.65. The van der Waals surface area contributed by atoms with Gasteiger partial charge in [-0.15, -0.1) is 0 Å². The molecule has 0 radical (unpaired) electrons. The van der Waals surface area contributed by atoms with Crippen LogP contribution in [0.25, 0.3) is 11.1 Å². The molecule has 1 aromatic heterocycles. The Labute approximate surface area is 87.2 Å². The second kappa shape index (κ2) is 3.55. The average Bonchev–Trinajstić information content (AvgIpc) is 2.62. The van der Waals surface area contributed by atoms with Crippen molar-refractivity contribution in [2.75, 3.05) is 19.7 Å². The normalized spacial score (nSPS) is 16.5. The fourth-order valence-corrected chi connectivity index (χ4v) is 1.61. The smallest absolute Gasteiger partial charge is 0.181 e. The third kappa shape index (κ3) is 1.68. The Morgan fingerprint density at radius 1 is 1.47 bits per heavy atom. The van der Waals surface area contributed by atoms with E-state index in [2.05, 4.69) is 10.3 Å². The summed E-state index contributed by atoms with van der Waals surface area (Å²) in [5.74, 6) is 1.50. The van der Waals surface area contributed by atoms with Crippen LogP contribution in [-0.2, 0) is 0 Å². The van der Waals surface area contributed by atoms with E-state index in [-0.39, 0.29) is 0 Å². The third-order valence-corrected chi connectivity index (χ3v) is 2.65. The Kier molecular flexibility index (Phi) is 2.07. The van der Waals surface area contributed by atoms with Gasteiger partial charge in [0.25, 0.3) is 0 Å². The lowest BCUT2D eigenvalue weighted by Crippen LogP contribution is -2.45. The van der Waals surface area contributed by atoms with Crippen LogP contribution in [0.15, 0.2) is 29.0 Å². The van der Waals surface area contributed by atoms with Crippen LogP contribution in [0.4, 0.5) is 0 Å². The van der Waals surface area contributed by atoms with Gasteiger partial charge in [-0.2, -0.15) is 0 Å². The molecular formula is C11H12N2O2. The summed E-state index contributed by atoms with van der Waals surface area (Å²) in [7, 11) is 0. The largest absolute Gasteiger partial charge is 0.493 e. The quantitative estimate of drug-likeness (QED) is 0.821. The van der Waals surface area contributed by atoms with Crippen molar-refractivity contribution in [2.45, 2.75) is 0 Å². The number of fused-ring (bicyclic) bond motifs is 1. The molecule has 0 atom stereocenters. The summed E-state index contributed by atoms with van der Waals surface area (Å²) in [6.07, 6.45) is 1.45. The predicted molar refractivity (Wildman–Crippen MR) is 55.9 cm³/mol. The topological polar surface area (TPSA) is 47.3 Å². The first-order chi connectivity index (χ1) is 7.42. The number of rotatable bonds is 3. The minimum Gasteiger partial charge on any atom is -0.493 e. The van der Waals surface area contributed by atoms with E-state index in [1.165, 1.54) is 6.39 Å². The molecule has 0 bridgehead atoms. The Balaban J connectivity index is 1.72. The van der Waals surface area contributed by atoms with Gasteiger partial charge >= 0.3 is 0 Å². The fraction of sp³-hybridized carbons (Fsp3) is 0.364. The molecule has 1 N–H and O–H groups in total. The van der Waals surface area contributed by atoms with Crippen LogP contribution in [-0.4, -0.2) is 24.7 Å². The highest BCUT2D eigenvalue weighted by atomic mass is 16.5. The molecule has 0 aliphatic carbocycles. The molecule has 1 fully saturated rings. The van der Waals surface area contributed by atoms with Crippen LogP contribution in [0.5, 0.6) is 5.75 Å². The molecule has 0 spiro atoms. The summed E-state index contributed by atoms with van der Waals surface area (Å²) in [6.45, 7) is 2.89. The van der Waals surface area contributed by atoms with Gasteiger partial charge in [0.1, 0.15) is 11.3 Å². The molecule has 2 heterocycles. The van der Waals surface area contributed by atoms with Crippen LogP contribution in [0.1, 0.15) is 0 Å². The van der Waals surface area contributed by atoms with Gasteiger partial charge in [0.05, 0.1) is 6.61 Å². The molecule has 15 heavy (non-hydrogen) atoms. The number of ether oxygens (including phenoxy) is 1. The minimum absolute atomic E-state index is 0.649. The zero-order valence-electron chi connectivity index (χ0n) is 8.27. The average molecular weight is 204 g/mol. The van der Waals surface area contributed by atoms with Crippen molar-refractivity contribution in [1.29, 1.82) is 0 Å². The molecule has 0 unspecified atom stereocenters. The van der Waals surface area contributed by atoms with Crippen molar-refractivity contribution in [3.63, 3.8) is 0 Å². The summed E-state index contributed by atoms with van der Waals surface area (Å²) >= 11 is 0. The van der Waals surface area contributed by atoms with E-state index in [9.17, 15) is 0 Å². The molecule has 1 saturated heterocycles. The molecule has 4 nitrogen and oxygen atoms in total. The van der Waals surface area contributed by atoms with E-state index in [4.69, 9.17) is 9.15 Å². The molecule has 78 valence electrons. The molecule has 0 saturated carbocycles. The Bertz CT molecular complexity index is 462. The van der Waals surface area contributed by atoms with Crippen LogP contribution in [0.3, 0.4) is 0 Å². The maximum Gasteiger partial charge on any atom is 0.181 e. The van der Waals surface area contributed by atoms with Crippen LogP contribution < -0.4 is 10.1 Å². The van der Waals surface area contributed by atoms with Gasteiger partial charge in [0.15, 0.2) is 12.0 Å². The van der Waals surface area contributed by atoms with Gasteiger partial charge in [-0.3, -0.25) is 0 Å². The van der Waals surface area contributed by atoms with Gasteiger partial charge in [0, 0.05) is 25.1 Å². The van der Waals surface area contributed by atoms with Gasteiger partial charge in [-0.05, 0) is 12.1 Å². The van der Waals surface area contributed by atoms with E-state index in [0.29, 0.717) is 5.92 Å². The first-order valence-electron chi connectivity index (χ1n) is 5.08. The highest BCUT2D eigenvalue weighted by Crippen LogP contribution is 2.20. The summed E-state index contributed by atoms with van der Waals surface area (Å²) < 4.78 is 10.9. The van der Waals surface area contributed by atoms with Crippen molar-refractivity contribution in [1.82, 2.24) is 10.3 Å². The number of oxazole rings is 1. The van der Waals surface area contributed by atoms with E-state index in [1.54, 1.807) is 0 Å². The van der Waals surface area contributed by atoms with Crippen molar-refractivity contribution in [3.05, 3.63) is 24.6 Å². The second-order valence-corrected chi connectivity index (χ2v) is 3.82. The lowest BCUT2D eigenvalue weighted by molar-refractivity contribution is 0.199. The zero-order chi connectivity index (χ0) is 10.1. The van der Waals surface area contributed by atoms with E-state index >= 15 is 0 Å². The minimum atomic E-state index is 0.649. The van der Waals surface area contributed by atoms with Gasteiger partial charge in [0.2, 0.25) is 0 Å². The molecule has 0 amide bonds. The van der Waals surface area contributed by atoms with E-state index in [1.807, 2.05) is 18.2 Å². The summed E-state index contributed by atoms with van der Waals surface area (Å²) in [4.78, 5) is 4.05. The molecule has 3 rings (SSSR count). The van der Waals surface area contributed by atoms with E-state index in [0.717, 1.165) is 36.5 Å². The van der Waals surface area contributed by atoms with Crippen LogP contribution in [0, 0.1) is 5.92 Å². The maximum atomic E-state index is 5.66. The SMILES string of the molecule is c1nc2ccc(OCC3CNC3)cc2o1. The molecule has 1 aliphatic rings. The number of hydrogen-bond donors (Lipinski definition) is 1. The monoisotopic (exact) mass is 204 g/mol. The summed E-state index contributed by atoms with van der Waals surface area (Å²) in [5.41, 5.74) is 1.65. The number of aromatic nitrogens is 1. The lowest BCUT2D eigenvalue weighted by atomic mass is 10.1. The molecule has 1 aliphatic heterocycles. The van der Waals surface area contributed by atoms with Gasteiger partial charge in [-0.25, -0.2) is 4.98 Å². The number of nitrogens with zero attached hydrogens (tertiary/aromatic N) is 1. The van der Waals surface area contributed by atoms with Crippen molar-refractivity contribution in [2.24, 2.45) is 5.92 Å². The Morgan fingerprint density at radius 2 is 2.40 bits per heavy atom. The second-order valence-electron chi connectivity index (χ2n) is 3.82. The number of benzene rings is 1. The summed E-state index contributed by atoms with van der Waals surface area (Å²) in [5, 5.41) is 3.21. The standard InChI is InChI=1S/C11H12N2O2/c1-2-10-11(15-7-13-10)3-9(1)14-6-8-4-12-5-8/h1-3,7-8,12H,4-6H2. The Morgan fingerprint density at radius 3 is 3.20 bits per heavy atom. The van der Waals surface area contributed by atoms with Crippen molar-refractivity contribution >= 4 is 11.1 Å². The maximum absolute atomic E-state index is 5.66.